The third-order valence-electron chi connectivity index (χ3n) is 4.10. The van der Waals surface area contributed by atoms with Gasteiger partial charge in [0.2, 0.25) is 11.8 Å². The summed E-state index contributed by atoms with van der Waals surface area (Å²) in [5.41, 5.74) is 3.83. The van der Waals surface area contributed by atoms with Crippen LogP contribution in [0, 0.1) is 0 Å². The van der Waals surface area contributed by atoms with E-state index in [9.17, 15) is 4.39 Å². The predicted octanol–water partition coefficient (Wildman–Crippen LogP) is 5.33. The van der Waals surface area contributed by atoms with Crippen LogP contribution in [0.4, 0.5) is 4.39 Å². The van der Waals surface area contributed by atoms with Crippen molar-refractivity contribution in [2.24, 2.45) is 0 Å². The Hall–Kier alpha value is -3.80. The van der Waals surface area contributed by atoms with Crippen LogP contribution in [0.5, 0.6) is 0 Å². The summed E-state index contributed by atoms with van der Waals surface area (Å²) < 4.78 is 18.2. The van der Waals surface area contributed by atoms with E-state index in [1.54, 1.807) is 12.2 Å². The van der Waals surface area contributed by atoms with Gasteiger partial charge in [0.25, 0.3) is 0 Å². The number of nitrogens with zero attached hydrogens (tertiary/aromatic N) is 3. The molecular formula is C21H15FN4O. The zero-order valence-corrected chi connectivity index (χ0v) is 14.3. The van der Waals surface area contributed by atoms with Gasteiger partial charge in [-0.3, -0.25) is 5.10 Å². The molecular weight excluding hydrogens is 343 g/mol. The zero-order valence-electron chi connectivity index (χ0n) is 14.3. The lowest BCUT2D eigenvalue weighted by molar-refractivity contribution is 0.584. The molecule has 0 fully saturated rings. The highest BCUT2D eigenvalue weighted by Crippen LogP contribution is 2.29. The molecule has 0 spiro atoms. The standard InChI is InChI=1S/C21H15FN4O/c1-2-14(9-6-12-22)19-17-13-16(10-11-18(17)23-24-19)21-26-25-20(27-21)15-7-4-3-5-8-15/h2-13H,1H2,(H,23,24)/b12-6+,14-9+. The molecule has 1 N–H and O–H groups in total. The molecule has 2 aromatic carbocycles. The Balaban J connectivity index is 1.77. The maximum atomic E-state index is 12.4. The Morgan fingerprint density at radius 2 is 1.81 bits per heavy atom. The number of fused-ring (bicyclic) bond motifs is 1. The van der Waals surface area contributed by atoms with Gasteiger partial charge in [0, 0.05) is 22.1 Å². The first-order valence-corrected chi connectivity index (χ1v) is 8.27. The number of aromatic amines is 1. The quantitative estimate of drug-likeness (QED) is 0.490. The summed E-state index contributed by atoms with van der Waals surface area (Å²) >= 11 is 0. The van der Waals surface area contributed by atoms with E-state index in [4.69, 9.17) is 4.42 Å². The Morgan fingerprint density at radius 3 is 2.56 bits per heavy atom. The van der Waals surface area contributed by atoms with Gasteiger partial charge in [0.1, 0.15) is 0 Å². The molecule has 0 aliphatic rings. The van der Waals surface area contributed by atoms with Gasteiger partial charge in [-0.2, -0.15) is 5.10 Å². The van der Waals surface area contributed by atoms with Crippen LogP contribution >= 0.6 is 0 Å². The molecule has 4 aromatic rings. The van der Waals surface area contributed by atoms with Gasteiger partial charge >= 0.3 is 0 Å². The zero-order chi connectivity index (χ0) is 18.6. The Kier molecular flexibility index (Phi) is 4.45. The summed E-state index contributed by atoms with van der Waals surface area (Å²) in [5.74, 6) is 0.869. The van der Waals surface area contributed by atoms with Crippen LogP contribution in [0.25, 0.3) is 39.4 Å². The number of rotatable bonds is 5. The summed E-state index contributed by atoms with van der Waals surface area (Å²) in [6.45, 7) is 3.77. The summed E-state index contributed by atoms with van der Waals surface area (Å²) in [4.78, 5) is 0. The Labute approximate surface area is 154 Å². The number of benzene rings is 2. The van der Waals surface area contributed by atoms with Crippen LogP contribution in [-0.2, 0) is 0 Å². The summed E-state index contributed by atoms with van der Waals surface area (Å²) in [6, 6.07) is 15.3. The second-order valence-electron chi connectivity index (χ2n) is 5.76. The lowest BCUT2D eigenvalue weighted by atomic mass is 10.1. The summed E-state index contributed by atoms with van der Waals surface area (Å²) in [6.07, 6.45) is 5.00. The largest absolute Gasteiger partial charge is 0.416 e. The molecule has 0 amide bonds. The first-order valence-electron chi connectivity index (χ1n) is 8.27. The number of halogens is 1. The first-order chi connectivity index (χ1) is 13.3. The van der Waals surface area contributed by atoms with E-state index in [-0.39, 0.29) is 0 Å². The van der Waals surface area contributed by atoms with Crippen LogP contribution in [0.15, 0.2) is 84.1 Å². The average Bonchev–Trinajstić information content (AvgIpc) is 3.37. The highest BCUT2D eigenvalue weighted by Gasteiger charge is 2.14. The SMILES string of the molecule is C=C/C(=C\C=C\F)c1n[nH]c2ccc(-c3nnc(-c4ccccc4)o3)cc12. The van der Waals surface area contributed by atoms with Crippen LogP contribution in [0.1, 0.15) is 5.69 Å². The van der Waals surface area contributed by atoms with Crippen molar-refractivity contribution in [3.63, 3.8) is 0 Å². The fraction of sp³-hybridized carbons (Fsp3) is 0. The fourth-order valence-corrected chi connectivity index (χ4v) is 2.79. The highest BCUT2D eigenvalue weighted by molar-refractivity contribution is 5.95. The number of allylic oxidation sites excluding steroid dienone is 4. The molecule has 4 rings (SSSR count). The Morgan fingerprint density at radius 1 is 1.04 bits per heavy atom. The molecule has 0 atom stereocenters. The van der Waals surface area contributed by atoms with E-state index < -0.39 is 0 Å². The van der Waals surface area contributed by atoms with Gasteiger partial charge < -0.3 is 4.42 Å². The van der Waals surface area contributed by atoms with Gasteiger partial charge in [0.05, 0.1) is 17.5 Å². The smallest absolute Gasteiger partial charge is 0.248 e. The third kappa shape index (κ3) is 3.20. The molecule has 0 saturated carbocycles. The molecule has 0 bridgehead atoms. The minimum atomic E-state index is 0.413. The second-order valence-corrected chi connectivity index (χ2v) is 5.76. The fourth-order valence-electron chi connectivity index (χ4n) is 2.79. The maximum absolute atomic E-state index is 12.4. The van der Waals surface area contributed by atoms with Crippen LogP contribution in [0.3, 0.4) is 0 Å². The maximum Gasteiger partial charge on any atom is 0.248 e. The number of H-pyrrole nitrogens is 1. The van der Waals surface area contributed by atoms with Crippen molar-refractivity contribution in [2.75, 3.05) is 0 Å². The van der Waals surface area contributed by atoms with E-state index in [0.29, 0.717) is 29.4 Å². The van der Waals surface area contributed by atoms with Gasteiger partial charge in [-0.05, 0) is 36.4 Å². The number of nitrogens with one attached hydrogen (secondary N) is 1. The second kappa shape index (κ2) is 7.21. The van der Waals surface area contributed by atoms with Gasteiger partial charge in [-0.15, -0.1) is 10.2 Å². The molecule has 132 valence electrons. The highest BCUT2D eigenvalue weighted by atomic mass is 19.1. The molecule has 0 saturated heterocycles. The van der Waals surface area contributed by atoms with E-state index in [0.717, 1.165) is 22.0 Å². The molecule has 27 heavy (non-hydrogen) atoms. The van der Waals surface area contributed by atoms with Gasteiger partial charge in [-0.1, -0.05) is 36.9 Å². The van der Waals surface area contributed by atoms with Crippen LogP contribution in [0.2, 0.25) is 0 Å². The summed E-state index contributed by atoms with van der Waals surface area (Å²) in [5, 5.41) is 16.4. The van der Waals surface area contributed by atoms with Crippen molar-refractivity contribution >= 4 is 16.5 Å². The lowest BCUT2D eigenvalue weighted by Crippen LogP contribution is -1.83. The topological polar surface area (TPSA) is 67.6 Å². The average molecular weight is 358 g/mol. The normalized spacial score (nSPS) is 12.1. The molecule has 0 unspecified atom stereocenters. The molecule has 6 heteroatoms. The summed E-state index contributed by atoms with van der Waals surface area (Å²) in [7, 11) is 0. The van der Waals surface area contributed by atoms with Crippen molar-refractivity contribution < 1.29 is 8.81 Å². The van der Waals surface area contributed by atoms with Crippen molar-refractivity contribution in [1.82, 2.24) is 20.4 Å². The van der Waals surface area contributed by atoms with Crippen molar-refractivity contribution in [2.45, 2.75) is 0 Å². The van der Waals surface area contributed by atoms with Gasteiger partial charge in [-0.25, -0.2) is 4.39 Å². The van der Waals surface area contributed by atoms with Crippen LogP contribution < -0.4 is 0 Å². The number of aromatic nitrogens is 4. The minimum absolute atomic E-state index is 0.413. The van der Waals surface area contributed by atoms with E-state index >= 15 is 0 Å². The molecule has 2 heterocycles. The van der Waals surface area contributed by atoms with Crippen LogP contribution in [-0.4, -0.2) is 20.4 Å². The number of hydrogen-bond donors (Lipinski definition) is 1. The van der Waals surface area contributed by atoms with E-state index in [1.165, 1.54) is 6.08 Å². The Bertz CT molecular complexity index is 1160. The predicted molar refractivity (Wildman–Crippen MR) is 103 cm³/mol. The lowest BCUT2D eigenvalue weighted by Gasteiger charge is -1.99. The van der Waals surface area contributed by atoms with Crippen molar-refractivity contribution in [3.8, 4) is 22.9 Å². The van der Waals surface area contributed by atoms with E-state index in [1.807, 2.05) is 48.5 Å². The molecule has 0 aliphatic carbocycles. The molecule has 2 aromatic heterocycles. The minimum Gasteiger partial charge on any atom is -0.416 e. The van der Waals surface area contributed by atoms with Crippen molar-refractivity contribution in [3.05, 3.63) is 85.4 Å². The molecule has 0 aliphatic heterocycles. The molecule has 0 radical (unpaired) electrons. The third-order valence-corrected chi connectivity index (χ3v) is 4.10. The monoisotopic (exact) mass is 358 g/mol. The van der Waals surface area contributed by atoms with E-state index in [2.05, 4.69) is 27.0 Å². The van der Waals surface area contributed by atoms with Gasteiger partial charge in [0.15, 0.2) is 0 Å². The van der Waals surface area contributed by atoms with Crippen molar-refractivity contribution in [1.29, 1.82) is 0 Å². The molecule has 5 nitrogen and oxygen atoms in total. The first kappa shape index (κ1) is 16.7. The number of hydrogen-bond acceptors (Lipinski definition) is 4.